The van der Waals surface area contributed by atoms with Crippen LogP contribution in [0.5, 0.6) is 11.5 Å². The highest BCUT2D eigenvalue weighted by Crippen LogP contribution is 2.29. The number of methoxy groups -OCH3 is 2. The van der Waals surface area contributed by atoms with Crippen molar-refractivity contribution < 1.29 is 14.6 Å². The number of halogens is 1. The topological polar surface area (TPSA) is 38.7 Å². The van der Waals surface area contributed by atoms with Gasteiger partial charge in [0.1, 0.15) is 11.5 Å². The van der Waals surface area contributed by atoms with Crippen molar-refractivity contribution in [2.24, 2.45) is 0 Å². The zero-order chi connectivity index (χ0) is 10.6. The summed E-state index contributed by atoms with van der Waals surface area (Å²) >= 11 is 3.21. The molecule has 0 spiro atoms. The van der Waals surface area contributed by atoms with Gasteiger partial charge in [-0.25, -0.2) is 0 Å². The lowest BCUT2D eigenvalue weighted by molar-refractivity contribution is 0.199. The predicted molar refractivity (Wildman–Crippen MR) is 58.3 cm³/mol. The van der Waals surface area contributed by atoms with Crippen molar-refractivity contribution in [3.05, 3.63) is 23.8 Å². The van der Waals surface area contributed by atoms with Crippen LogP contribution >= 0.6 is 15.9 Å². The molecule has 0 aliphatic carbocycles. The van der Waals surface area contributed by atoms with Gasteiger partial charge < -0.3 is 14.6 Å². The van der Waals surface area contributed by atoms with Crippen LogP contribution < -0.4 is 9.47 Å². The van der Waals surface area contributed by atoms with E-state index in [1.807, 2.05) is 0 Å². The molecule has 14 heavy (non-hydrogen) atoms. The highest BCUT2D eigenvalue weighted by atomic mass is 79.9. The summed E-state index contributed by atoms with van der Waals surface area (Å²) in [6, 6.07) is 5.34. The first-order valence-electron chi connectivity index (χ1n) is 4.19. The zero-order valence-corrected chi connectivity index (χ0v) is 9.74. The second kappa shape index (κ2) is 5.22. The second-order valence-electron chi connectivity index (χ2n) is 2.78. The number of benzene rings is 1. The number of alkyl halides is 1. The van der Waals surface area contributed by atoms with Gasteiger partial charge in [-0.2, -0.15) is 0 Å². The van der Waals surface area contributed by atoms with Crippen LogP contribution in [0.25, 0.3) is 0 Å². The van der Waals surface area contributed by atoms with Crippen molar-refractivity contribution in [2.45, 2.75) is 6.10 Å². The van der Waals surface area contributed by atoms with E-state index in [2.05, 4.69) is 15.9 Å². The minimum atomic E-state index is -0.583. The molecule has 1 atom stereocenters. The first-order chi connectivity index (χ1) is 6.72. The van der Waals surface area contributed by atoms with Crippen molar-refractivity contribution in [1.82, 2.24) is 0 Å². The van der Waals surface area contributed by atoms with Gasteiger partial charge in [0.2, 0.25) is 0 Å². The minimum Gasteiger partial charge on any atom is -0.497 e. The number of aliphatic hydroxyl groups excluding tert-OH is 1. The Morgan fingerprint density at radius 2 is 2.07 bits per heavy atom. The maximum atomic E-state index is 9.68. The summed E-state index contributed by atoms with van der Waals surface area (Å²) in [4.78, 5) is 0. The number of hydrogen-bond acceptors (Lipinski definition) is 3. The van der Waals surface area contributed by atoms with Gasteiger partial charge >= 0.3 is 0 Å². The number of hydrogen-bond donors (Lipinski definition) is 1. The summed E-state index contributed by atoms with van der Waals surface area (Å²) in [6.45, 7) is 0. The summed E-state index contributed by atoms with van der Waals surface area (Å²) < 4.78 is 10.2. The molecule has 0 heterocycles. The molecule has 0 saturated heterocycles. The van der Waals surface area contributed by atoms with Crippen LogP contribution in [-0.2, 0) is 0 Å². The molecular weight excluding hydrogens is 248 g/mol. The van der Waals surface area contributed by atoms with Gasteiger partial charge in [0.25, 0.3) is 0 Å². The van der Waals surface area contributed by atoms with Crippen LogP contribution in [0.15, 0.2) is 18.2 Å². The van der Waals surface area contributed by atoms with Crippen LogP contribution in [0.1, 0.15) is 11.7 Å². The van der Waals surface area contributed by atoms with Crippen molar-refractivity contribution in [3.8, 4) is 11.5 Å². The maximum absolute atomic E-state index is 9.68. The lowest BCUT2D eigenvalue weighted by Crippen LogP contribution is -2.02. The van der Waals surface area contributed by atoms with Crippen molar-refractivity contribution in [1.29, 1.82) is 0 Å². The Hall–Kier alpha value is -0.740. The fourth-order valence-electron chi connectivity index (χ4n) is 1.18. The fraction of sp³-hybridized carbons (Fsp3) is 0.400. The molecule has 0 radical (unpaired) electrons. The van der Waals surface area contributed by atoms with Gasteiger partial charge in [-0.05, 0) is 18.2 Å². The van der Waals surface area contributed by atoms with Gasteiger partial charge in [-0.15, -0.1) is 0 Å². The zero-order valence-electron chi connectivity index (χ0n) is 8.16. The van der Waals surface area contributed by atoms with Gasteiger partial charge in [-0.3, -0.25) is 0 Å². The Morgan fingerprint density at radius 3 is 2.57 bits per heavy atom. The van der Waals surface area contributed by atoms with E-state index in [0.717, 1.165) is 5.56 Å². The molecule has 3 nitrogen and oxygen atoms in total. The normalized spacial score (nSPS) is 12.3. The van der Waals surface area contributed by atoms with Gasteiger partial charge in [-0.1, -0.05) is 15.9 Å². The third-order valence-corrected chi connectivity index (χ3v) is 2.56. The summed E-state index contributed by atoms with van der Waals surface area (Å²) in [5.74, 6) is 1.37. The van der Waals surface area contributed by atoms with Crippen molar-refractivity contribution >= 4 is 15.9 Å². The molecule has 0 aromatic heterocycles. The lowest BCUT2D eigenvalue weighted by Gasteiger charge is -2.13. The summed E-state index contributed by atoms with van der Waals surface area (Å²) in [7, 11) is 3.17. The first kappa shape index (κ1) is 11.3. The molecule has 0 saturated carbocycles. The van der Waals surface area contributed by atoms with E-state index in [-0.39, 0.29) is 0 Å². The molecule has 0 aliphatic rings. The maximum Gasteiger partial charge on any atom is 0.124 e. The molecule has 78 valence electrons. The monoisotopic (exact) mass is 260 g/mol. The molecule has 1 aromatic carbocycles. The Kier molecular flexibility index (Phi) is 4.22. The van der Waals surface area contributed by atoms with Crippen LogP contribution in [0, 0.1) is 0 Å². The highest BCUT2D eigenvalue weighted by molar-refractivity contribution is 9.09. The highest BCUT2D eigenvalue weighted by Gasteiger charge is 2.12. The molecule has 0 unspecified atom stereocenters. The van der Waals surface area contributed by atoms with Gasteiger partial charge in [0.15, 0.2) is 0 Å². The van der Waals surface area contributed by atoms with Gasteiger partial charge in [0, 0.05) is 10.9 Å². The predicted octanol–water partition coefficient (Wildman–Crippen LogP) is 2.13. The van der Waals surface area contributed by atoms with Crippen LogP contribution in [-0.4, -0.2) is 24.7 Å². The van der Waals surface area contributed by atoms with E-state index in [1.54, 1.807) is 32.4 Å². The molecule has 0 aliphatic heterocycles. The Morgan fingerprint density at radius 1 is 1.36 bits per heavy atom. The van der Waals surface area contributed by atoms with E-state index in [0.29, 0.717) is 16.8 Å². The van der Waals surface area contributed by atoms with Crippen LogP contribution in [0.3, 0.4) is 0 Å². The SMILES string of the molecule is COc1ccc(OC)c([C@@H](O)CBr)c1. The molecule has 0 bridgehead atoms. The number of rotatable bonds is 4. The molecule has 0 amide bonds. The van der Waals surface area contributed by atoms with Crippen molar-refractivity contribution in [3.63, 3.8) is 0 Å². The average Bonchev–Trinajstić information content (AvgIpc) is 2.27. The Balaban J connectivity index is 3.08. The standard InChI is InChI=1S/C10H13BrO3/c1-13-7-3-4-10(14-2)8(5-7)9(12)6-11/h3-5,9,12H,6H2,1-2H3/t9-/m0/s1. The lowest BCUT2D eigenvalue weighted by atomic mass is 10.1. The third kappa shape index (κ3) is 2.39. The fourth-order valence-corrected chi connectivity index (χ4v) is 1.53. The smallest absolute Gasteiger partial charge is 0.124 e. The summed E-state index contributed by atoms with van der Waals surface area (Å²) in [5, 5.41) is 10.1. The van der Waals surface area contributed by atoms with E-state index in [9.17, 15) is 5.11 Å². The first-order valence-corrected chi connectivity index (χ1v) is 5.31. The summed E-state index contributed by atoms with van der Waals surface area (Å²) in [5.41, 5.74) is 0.726. The Bertz CT molecular complexity index is 301. The van der Waals surface area contributed by atoms with E-state index >= 15 is 0 Å². The van der Waals surface area contributed by atoms with E-state index in [4.69, 9.17) is 9.47 Å². The van der Waals surface area contributed by atoms with Crippen molar-refractivity contribution in [2.75, 3.05) is 19.5 Å². The Labute approximate surface area is 91.8 Å². The number of aliphatic hydroxyl groups is 1. The van der Waals surface area contributed by atoms with E-state index < -0.39 is 6.10 Å². The quantitative estimate of drug-likeness (QED) is 0.844. The van der Waals surface area contributed by atoms with Crippen LogP contribution in [0.2, 0.25) is 0 Å². The second-order valence-corrected chi connectivity index (χ2v) is 3.43. The molecule has 1 N–H and O–H groups in total. The largest absolute Gasteiger partial charge is 0.497 e. The molecule has 1 rings (SSSR count). The summed E-state index contributed by atoms with van der Waals surface area (Å²) in [6.07, 6.45) is -0.583. The number of ether oxygens (including phenoxy) is 2. The van der Waals surface area contributed by atoms with E-state index in [1.165, 1.54) is 0 Å². The molecule has 0 fully saturated rings. The third-order valence-electron chi connectivity index (χ3n) is 1.94. The van der Waals surface area contributed by atoms with Crippen LogP contribution in [0.4, 0.5) is 0 Å². The molecule has 1 aromatic rings. The average molecular weight is 261 g/mol. The molecular formula is C10H13BrO3. The van der Waals surface area contributed by atoms with Gasteiger partial charge in [0.05, 0.1) is 20.3 Å². The molecule has 4 heteroatoms. The minimum absolute atomic E-state index is 0.469.